The summed E-state index contributed by atoms with van der Waals surface area (Å²) in [5.74, 6) is -12.4. The van der Waals surface area contributed by atoms with Gasteiger partial charge in [-0.25, -0.2) is 26.3 Å². The number of halogens is 11. The number of aliphatic hydroxyl groups is 1. The summed E-state index contributed by atoms with van der Waals surface area (Å²) >= 11 is 0. The zero-order valence-corrected chi connectivity index (χ0v) is 81.4. The minimum atomic E-state index is -3.11. The number of alkyl halides is 6. The molecule has 5 radical (unpaired) electrons. The molecule has 0 aromatic heterocycles. The number of carboxylic acid groups (broad SMARTS) is 1. The van der Waals surface area contributed by atoms with Crippen molar-refractivity contribution in [1.29, 1.82) is 0 Å². The summed E-state index contributed by atoms with van der Waals surface area (Å²) in [4.78, 5) is 67.0. The van der Waals surface area contributed by atoms with Gasteiger partial charge in [0.25, 0.3) is 17.8 Å². The summed E-state index contributed by atoms with van der Waals surface area (Å²) in [5, 5.41) is 15.8. The van der Waals surface area contributed by atoms with Crippen molar-refractivity contribution in [2.24, 2.45) is 5.92 Å². The first-order chi connectivity index (χ1) is 55.4. The number of hydrogen-bond acceptors (Lipinski definition) is 22. The van der Waals surface area contributed by atoms with Crippen LogP contribution >= 0.6 is 0 Å². The van der Waals surface area contributed by atoms with E-state index < -0.39 is 108 Å². The predicted molar refractivity (Wildman–Crippen MR) is 420 cm³/mol. The Kier molecular flexibility index (Phi) is 83.6. The summed E-state index contributed by atoms with van der Waals surface area (Å²) in [7, 11) is 3.75. The number of ether oxygens (including phenoxy) is 7. The van der Waals surface area contributed by atoms with E-state index in [0.717, 1.165) is 40.7 Å². The summed E-state index contributed by atoms with van der Waals surface area (Å²) in [6, 6.07) is 64.3. The maximum Gasteiger partial charge on any atom is 1.00 e. The molecule has 1 aliphatic carbocycles. The molecule has 0 unspecified atom stereocenters. The van der Waals surface area contributed by atoms with Crippen LogP contribution in [0.1, 0.15) is 66.2 Å². The van der Waals surface area contributed by atoms with Crippen LogP contribution in [0.4, 0.5) is 43.9 Å². The van der Waals surface area contributed by atoms with Crippen molar-refractivity contribution in [2.45, 2.75) is 113 Å². The third-order valence-electron chi connectivity index (χ3n) is 14.4. The van der Waals surface area contributed by atoms with E-state index in [2.05, 4.69) is 216 Å². The van der Waals surface area contributed by atoms with Crippen LogP contribution in [0.2, 0.25) is 0 Å². The Balaban J connectivity index is -0.000000313. The van der Waals surface area contributed by atoms with Gasteiger partial charge >= 0.3 is 163 Å². The number of esters is 4. The molecule has 0 spiro atoms. The maximum absolute atomic E-state index is 12.4. The molecule has 2 N–H and O–H groups in total. The zero-order chi connectivity index (χ0) is 87.9. The Bertz CT molecular complexity index is 3380. The summed E-state index contributed by atoms with van der Waals surface area (Å²) in [5.41, 5.74) is 0. The van der Waals surface area contributed by atoms with Gasteiger partial charge in [0.15, 0.2) is 49.2 Å². The Morgan fingerprint density at radius 3 is 0.811 bits per heavy atom. The first-order valence-electron chi connectivity index (χ1n) is 35.9. The molecule has 3 aliphatic heterocycles. The molecule has 10 rings (SSSR count). The van der Waals surface area contributed by atoms with E-state index in [-0.39, 0.29) is 179 Å². The Morgan fingerprint density at radius 1 is 0.451 bits per heavy atom. The first-order valence-corrected chi connectivity index (χ1v) is 40.3. The number of rotatable bonds is 23. The fourth-order valence-electron chi connectivity index (χ4n) is 9.56. The zero-order valence-electron chi connectivity index (χ0n) is 69.4. The van der Waals surface area contributed by atoms with Crippen molar-refractivity contribution < 1.29 is 267 Å². The second kappa shape index (κ2) is 79.2. The maximum atomic E-state index is 12.4. The van der Waals surface area contributed by atoms with Gasteiger partial charge < -0.3 is 73.3 Å². The molecule has 4 fully saturated rings. The molecule has 6 aromatic rings. The second-order valence-corrected chi connectivity index (χ2v) is 29.4. The second-order valence-electron chi connectivity index (χ2n) is 24.5. The molecule has 3 saturated heterocycles. The molecule has 0 amide bonds. The van der Waals surface area contributed by atoms with Crippen LogP contribution < -0.4 is 131 Å². The molecule has 0 bridgehead atoms. The number of carboxylic acids is 1. The van der Waals surface area contributed by atoms with Gasteiger partial charge in [-0.3, -0.25) is 38.7 Å². The van der Waals surface area contributed by atoms with E-state index in [4.69, 9.17) is 49.7 Å². The molecular weight excluding hydrogens is 1760 g/mol. The number of hydrogen-bond donors (Lipinski definition) is 2. The number of nitrogens with zero attached hydrogens (tertiary/aromatic N) is 3. The van der Waals surface area contributed by atoms with Crippen LogP contribution in [0.5, 0.6) is 0 Å². The van der Waals surface area contributed by atoms with Gasteiger partial charge in [-0.15, -0.1) is 25.3 Å². The summed E-state index contributed by atoms with van der Waals surface area (Å²) < 4.78 is 200. The van der Waals surface area contributed by atoms with Crippen molar-refractivity contribution >= 4 is 95.4 Å². The van der Waals surface area contributed by atoms with E-state index >= 15 is 0 Å². The first kappa shape index (κ1) is 129. The van der Waals surface area contributed by atoms with Gasteiger partial charge in [0, 0.05) is 102 Å². The third-order valence-corrected chi connectivity index (χ3v) is 18.9. The SMILES string of the molecule is CC(F)(F)COC(=O)CN1CCOCC1.CC(F)(F)COC(=O)CN1CCOCC1.CC(F)(F)COC(=O)CN1CCOCC1.CCOC(=O)[C-](F)F.O=C(O)CC1CCCCC1.O=S(=O)=O.O=S(=O)=O.OC[C-](F)F.[B][B][B].[Cl-].[Na+].[Na+].[Na+].[Na+].c1ccc([S+](c2ccccc2)c2ccccc2)cc1.c1ccc([S+](c2ccccc2)c2ccccc2)cc1. The van der Waals surface area contributed by atoms with E-state index in [1.807, 2.05) is 14.7 Å². The largest absolute Gasteiger partial charge is 1.00 e. The quantitative estimate of drug-likeness (QED) is 0.0156. The Morgan fingerprint density at radius 2 is 0.656 bits per heavy atom. The standard InChI is InChI=1S/2C18H15S.3C9H15F2NO3.C8H14O2.C4H5F2O2.C2H3F2O.B3.ClH.4Na.2O3S/c2*1-4-10-16(11-5-1)19(17-12-6-2-7-13-17)18-14-8-3-9-15-18;3*1-9(10,11)7-15-8(13)6-12-2-4-14-5-3-12;9-8(10)6-7-4-2-1-3-5-7;1-2-8-4(7)3(5)6;3-2(4)1-5;1-3-2;;;;;;2*1-4(2)3/h2*1-15H;3*2-7H2,1H3;7H,1-6H2,(H,9,10);2H2,1H3;5H,1H2;;1H;;;;;;/q2*+1;;;;;2*-1;;;4*+1;;/p-1. The molecule has 122 heavy (non-hydrogen) atoms. The van der Waals surface area contributed by atoms with Crippen LogP contribution in [-0.4, -0.2) is 252 Å². The van der Waals surface area contributed by atoms with Crippen LogP contribution in [0.15, 0.2) is 211 Å². The fourth-order valence-corrected chi connectivity index (χ4v) is 13.8. The number of aliphatic carboxylic acids is 1. The number of carbonyl (C=O) groups excluding carboxylic acids is 4. The van der Waals surface area contributed by atoms with Crippen molar-refractivity contribution in [3.05, 3.63) is 195 Å². The molecule has 23 nitrogen and oxygen atoms in total. The van der Waals surface area contributed by atoms with Crippen molar-refractivity contribution in [3.63, 3.8) is 0 Å². The number of benzene rings is 6. The summed E-state index contributed by atoms with van der Waals surface area (Å²) in [6.07, 6.45) is 2.18. The number of aliphatic hydroxyl groups excluding tert-OH is 1. The van der Waals surface area contributed by atoms with Gasteiger partial charge in [-0.2, -0.15) is 0 Å². The average molecular weight is 1860 g/mol. The van der Waals surface area contributed by atoms with Gasteiger partial charge in [0.1, 0.15) is 0 Å². The summed E-state index contributed by atoms with van der Waals surface area (Å²) in [6.45, 7) is 7.31. The van der Waals surface area contributed by atoms with Crippen molar-refractivity contribution in [2.75, 3.05) is 132 Å². The Hall–Kier alpha value is -4.02. The van der Waals surface area contributed by atoms with Crippen LogP contribution in [0, 0.1) is 18.8 Å². The fraction of sp³-hybridized carbons (Fsp3) is 0.442. The minimum Gasteiger partial charge on any atom is -1.00 e. The van der Waals surface area contributed by atoms with Crippen molar-refractivity contribution in [1.82, 2.24) is 14.7 Å². The molecule has 4 aliphatic rings. The normalized spacial score (nSPS) is 13.4. The van der Waals surface area contributed by atoms with E-state index in [0.29, 0.717) is 91.2 Å². The van der Waals surface area contributed by atoms with Crippen LogP contribution in [-0.2, 0) is 100 Å². The predicted octanol–water partition coefficient (Wildman–Crippen LogP) is -3.59. The topological polar surface area (TPSA) is 303 Å². The van der Waals surface area contributed by atoms with Crippen LogP contribution in [0.3, 0.4) is 0 Å². The molecule has 3 heterocycles. The molecular formula is C77H97B3ClF10N3Na4O20S4+3. The smallest absolute Gasteiger partial charge is 1.00 e. The molecule has 1 saturated carbocycles. The third kappa shape index (κ3) is 75.0. The van der Waals surface area contributed by atoms with Gasteiger partial charge in [0.2, 0.25) is 5.97 Å². The minimum absolute atomic E-state index is 0. The Labute approximate surface area is 814 Å². The average Bonchev–Trinajstić information content (AvgIpc) is 0.824. The van der Waals surface area contributed by atoms with E-state index in [9.17, 15) is 67.9 Å². The van der Waals surface area contributed by atoms with Crippen molar-refractivity contribution in [3.8, 4) is 0 Å². The van der Waals surface area contributed by atoms with Crippen LogP contribution in [0.25, 0.3) is 0 Å². The van der Waals surface area contributed by atoms with E-state index in [1.54, 1.807) is 0 Å². The number of carbonyl (C=O) groups is 5. The monoisotopic (exact) mass is 1860 g/mol. The van der Waals surface area contributed by atoms with Gasteiger partial charge in [-0.05, 0) is 105 Å². The molecule has 0 atom stereocenters. The van der Waals surface area contributed by atoms with Gasteiger partial charge in [0.05, 0.1) is 87.7 Å². The molecule has 6 aromatic carbocycles. The molecule has 45 heteroatoms. The molecule has 651 valence electrons. The van der Waals surface area contributed by atoms with E-state index in [1.165, 1.54) is 55.6 Å². The van der Waals surface area contributed by atoms with Gasteiger partial charge in [-0.1, -0.05) is 128 Å². The number of morpholine rings is 3.